The van der Waals surface area contributed by atoms with Crippen LogP contribution in [0.5, 0.6) is 0 Å². The predicted octanol–water partition coefficient (Wildman–Crippen LogP) is 4.25. The van der Waals surface area contributed by atoms with Crippen LogP contribution < -0.4 is 10.6 Å². The molecular weight excluding hydrogens is 462 g/mol. The molecule has 8 heteroatoms. The largest absolute Gasteiger partial charge is 0.390 e. The number of halogens is 5. The number of hydrogen-bond donors (Lipinski definition) is 2. The second kappa shape index (κ2) is 9.50. The molecule has 1 unspecified atom stereocenters. The van der Waals surface area contributed by atoms with E-state index in [4.69, 9.17) is 0 Å². The van der Waals surface area contributed by atoms with E-state index in [2.05, 4.69) is 31.6 Å². The van der Waals surface area contributed by atoms with Crippen LogP contribution in [-0.4, -0.2) is 25.7 Å². The molecule has 120 valence electrons. The molecule has 3 nitrogen and oxygen atoms in total. The van der Waals surface area contributed by atoms with Gasteiger partial charge in [0, 0.05) is 18.1 Å². The van der Waals surface area contributed by atoms with Crippen LogP contribution in [0.15, 0.2) is 33.7 Å². The van der Waals surface area contributed by atoms with Crippen LogP contribution in [0.25, 0.3) is 0 Å². The van der Waals surface area contributed by atoms with Crippen LogP contribution in [-0.2, 0) is 0 Å². The maximum atomic E-state index is 12.1. The van der Waals surface area contributed by atoms with E-state index in [9.17, 15) is 13.2 Å². The molecule has 0 aliphatic carbocycles. The Bertz CT molecular complexity index is 466. The molecule has 0 spiro atoms. The summed E-state index contributed by atoms with van der Waals surface area (Å²) in [6, 6.07) is 7.56. The summed E-state index contributed by atoms with van der Waals surface area (Å²) >= 11 is 3.44. The third-order valence-electron chi connectivity index (χ3n) is 2.65. The highest BCUT2D eigenvalue weighted by Crippen LogP contribution is 2.22. The lowest BCUT2D eigenvalue weighted by Crippen LogP contribution is -2.40. The third-order valence-corrected chi connectivity index (χ3v) is 3.37. The average Bonchev–Trinajstić information content (AvgIpc) is 2.36. The number of nitrogens with zero attached hydrogens (tertiary/aromatic N) is 1. The molecule has 0 saturated carbocycles. The number of nitrogens with one attached hydrogen (secondary N) is 2. The first kappa shape index (κ1) is 20.5. The van der Waals surface area contributed by atoms with Crippen LogP contribution >= 0.6 is 39.9 Å². The fraction of sp³-hybridized carbons (Fsp3) is 0.462. The first-order valence-corrected chi connectivity index (χ1v) is 6.91. The Morgan fingerprint density at radius 3 is 2.48 bits per heavy atom. The summed E-state index contributed by atoms with van der Waals surface area (Å²) in [7, 11) is 1.52. The van der Waals surface area contributed by atoms with Gasteiger partial charge in [0.25, 0.3) is 0 Å². The Balaban J connectivity index is 0.00000400. The van der Waals surface area contributed by atoms with Crippen molar-refractivity contribution in [3.8, 4) is 0 Å². The SMILES string of the molecule is CN=C(NCCC(F)(F)F)NC(C)c1ccccc1Br.I. The summed E-state index contributed by atoms with van der Waals surface area (Å²) in [5.41, 5.74) is 1.01. The zero-order chi connectivity index (χ0) is 15.2. The van der Waals surface area contributed by atoms with E-state index in [1.807, 2.05) is 31.2 Å². The normalized spacial score (nSPS) is 13.3. The minimum Gasteiger partial charge on any atom is -0.356 e. The Kier molecular flexibility index (Phi) is 9.26. The Hall–Kier alpha value is -0.510. The van der Waals surface area contributed by atoms with Gasteiger partial charge in [-0.3, -0.25) is 4.99 Å². The standard InChI is InChI=1S/C13H17BrF3N3.HI/c1-9(10-5-3-4-6-11(10)14)20-12(18-2)19-8-7-13(15,16)17;/h3-6,9H,7-8H2,1-2H3,(H2,18,19,20);1H. The molecule has 0 amide bonds. The van der Waals surface area contributed by atoms with Crippen molar-refractivity contribution in [1.82, 2.24) is 10.6 Å². The molecule has 0 aliphatic heterocycles. The minimum atomic E-state index is -4.17. The van der Waals surface area contributed by atoms with Crippen molar-refractivity contribution in [3.63, 3.8) is 0 Å². The summed E-state index contributed by atoms with van der Waals surface area (Å²) in [6.45, 7) is 1.71. The van der Waals surface area contributed by atoms with Crippen LogP contribution in [0.2, 0.25) is 0 Å². The first-order chi connectivity index (χ1) is 9.33. The Morgan fingerprint density at radius 2 is 1.95 bits per heavy atom. The molecule has 0 bridgehead atoms. The van der Waals surface area contributed by atoms with Gasteiger partial charge in [0.1, 0.15) is 0 Å². The topological polar surface area (TPSA) is 36.4 Å². The fourth-order valence-electron chi connectivity index (χ4n) is 1.63. The summed E-state index contributed by atoms with van der Waals surface area (Å²) < 4.78 is 37.2. The number of hydrogen-bond acceptors (Lipinski definition) is 1. The van der Waals surface area contributed by atoms with Crippen molar-refractivity contribution in [2.24, 2.45) is 4.99 Å². The monoisotopic (exact) mass is 479 g/mol. The molecule has 2 N–H and O–H groups in total. The van der Waals surface area contributed by atoms with Gasteiger partial charge in [0.05, 0.1) is 12.5 Å². The highest BCUT2D eigenvalue weighted by Gasteiger charge is 2.26. The van der Waals surface area contributed by atoms with Crippen molar-refractivity contribution in [2.45, 2.75) is 25.6 Å². The van der Waals surface area contributed by atoms with E-state index in [1.165, 1.54) is 7.05 Å². The number of rotatable bonds is 4. The number of aliphatic imine (C=N–C) groups is 1. The van der Waals surface area contributed by atoms with Gasteiger partial charge in [-0.1, -0.05) is 34.1 Å². The molecule has 1 aromatic rings. The Labute approximate surface area is 147 Å². The first-order valence-electron chi connectivity index (χ1n) is 6.12. The predicted molar refractivity (Wildman–Crippen MR) is 93.1 cm³/mol. The van der Waals surface area contributed by atoms with Crippen molar-refractivity contribution >= 4 is 45.9 Å². The number of benzene rings is 1. The van der Waals surface area contributed by atoms with Gasteiger partial charge in [0.15, 0.2) is 5.96 Å². The lowest BCUT2D eigenvalue weighted by atomic mass is 10.1. The van der Waals surface area contributed by atoms with E-state index in [0.29, 0.717) is 5.96 Å². The van der Waals surface area contributed by atoms with E-state index in [1.54, 1.807) is 0 Å². The van der Waals surface area contributed by atoms with Crippen molar-refractivity contribution in [2.75, 3.05) is 13.6 Å². The second-order valence-electron chi connectivity index (χ2n) is 4.25. The van der Waals surface area contributed by atoms with Crippen molar-refractivity contribution in [1.29, 1.82) is 0 Å². The van der Waals surface area contributed by atoms with Crippen molar-refractivity contribution < 1.29 is 13.2 Å². The molecular formula is C13H18BrF3IN3. The highest BCUT2D eigenvalue weighted by atomic mass is 127. The lowest BCUT2D eigenvalue weighted by Gasteiger charge is -2.19. The number of guanidine groups is 1. The zero-order valence-electron chi connectivity index (χ0n) is 11.7. The van der Waals surface area contributed by atoms with E-state index >= 15 is 0 Å². The van der Waals surface area contributed by atoms with Crippen LogP contribution in [0.1, 0.15) is 24.9 Å². The molecule has 0 radical (unpaired) electrons. The van der Waals surface area contributed by atoms with Gasteiger partial charge in [-0.25, -0.2) is 0 Å². The Morgan fingerprint density at radius 1 is 1.33 bits per heavy atom. The van der Waals surface area contributed by atoms with Crippen LogP contribution in [0.4, 0.5) is 13.2 Å². The zero-order valence-corrected chi connectivity index (χ0v) is 15.6. The molecule has 0 aliphatic rings. The van der Waals surface area contributed by atoms with Crippen LogP contribution in [0.3, 0.4) is 0 Å². The lowest BCUT2D eigenvalue weighted by molar-refractivity contribution is -0.132. The molecule has 0 fully saturated rings. The van der Waals surface area contributed by atoms with E-state index < -0.39 is 12.6 Å². The quantitative estimate of drug-likeness (QED) is 0.385. The van der Waals surface area contributed by atoms with Gasteiger partial charge in [-0.15, -0.1) is 24.0 Å². The van der Waals surface area contributed by atoms with Gasteiger partial charge in [0.2, 0.25) is 0 Å². The van der Waals surface area contributed by atoms with Gasteiger partial charge >= 0.3 is 6.18 Å². The average molecular weight is 480 g/mol. The maximum absolute atomic E-state index is 12.1. The summed E-state index contributed by atoms with van der Waals surface area (Å²) in [6.07, 6.45) is -5.06. The van der Waals surface area contributed by atoms with Gasteiger partial charge in [-0.05, 0) is 18.6 Å². The van der Waals surface area contributed by atoms with Gasteiger partial charge < -0.3 is 10.6 Å². The molecule has 0 aromatic heterocycles. The second-order valence-corrected chi connectivity index (χ2v) is 5.11. The third kappa shape index (κ3) is 7.89. The summed E-state index contributed by atoms with van der Waals surface area (Å²) in [4.78, 5) is 3.91. The molecule has 0 heterocycles. The molecule has 0 saturated heterocycles. The van der Waals surface area contributed by atoms with Gasteiger partial charge in [-0.2, -0.15) is 13.2 Å². The van der Waals surface area contributed by atoms with Crippen LogP contribution in [0, 0.1) is 0 Å². The van der Waals surface area contributed by atoms with E-state index in [-0.39, 0.29) is 36.6 Å². The molecule has 1 aromatic carbocycles. The minimum absolute atomic E-state index is 0. The highest BCUT2D eigenvalue weighted by molar-refractivity contribution is 14.0. The maximum Gasteiger partial charge on any atom is 0.390 e. The summed E-state index contributed by atoms with van der Waals surface area (Å²) in [5, 5.41) is 5.70. The smallest absolute Gasteiger partial charge is 0.356 e. The summed E-state index contributed by atoms with van der Waals surface area (Å²) in [5.74, 6) is 0.345. The molecule has 21 heavy (non-hydrogen) atoms. The fourth-order valence-corrected chi connectivity index (χ4v) is 2.25. The van der Waals surface area contributed by atoms with E-state index in [0.717, 1.165) is 10.0 Å². The number of alkyl halides is 3. The van der Waals surface area contributed by atoms with Crippen molar-refractivity contribution in [3.05, 3.63) is 34.3 Å². The molecule has 1 atom stereocenters. The molecule has 1 rings (SSSR count).